The number of halogens is 1. The molecular formula is C11H15ClN2O. The van der Waals surface area contributed by atoms with Crippen LogP contribution in [0.3, 0.4) is 0 Å². The van der Waals surface area contributed by atoms with E-state index < -0.39 is 0 Å². The summed E-state index contributed by atoms with van der Waals surface area (Å²) >= 11 is 5.69. The molecule has 4 heteroatoms. The lowest BCUT2D eigenvalue weighted by Gasteiger charge is -2.18. The number of hydrogen-bond donors (Lipinski definition) is 1. The second-order valence-electron chi connectivity index (χ2n) is 4.61. The quantitative estimate of drug-likeness (QED) is 0.788. The van der Waals surface area contributed by atoms with E-state index in [2.05, 4.69) is 31.1 Å². The molecule has 0 fully saturated rings. The highest BCUT2D eigenvalue weighted by Crippen LogP contribution is 2.11. The highest BCUT2D eigenvalue weighted by molar-refractivity contribution is 6.29. The summed E-state index contributed by atoms with van der Waals surface area (Å²) in [6.45, 7) is 6.82. The van der Waals surface area contributed by atoms with Crippen LogP contribution in [0.5, 0.6) is 0 Å². The number of carbonyl (C=O) groups excluding carboxylic acids is 1. The minimum Gasteiger partial charge on any atom is -0.352 e. The number of nitrogens with one attached hydrogen (secondary N) is 1. The lowest BCUT2D eigenvalue weighted by atomic mass is 9.97. The lowest BCUT2D eigenvalue weighted by molar-refractivity contribution is 0.0939. The first-order valence-corrected chi connectivity index (χ1v) is 5.16. The van der Waals surface area contributed by atoms with Gasteiger partial charge in [-0.2, -0.15) is 0 Å². The average molecular weight is 227 g/mol. The molecule has 0 aliphatic heterocycles. The predicted molar refractivity (Wildman–Crippen MR) is 61.0 cm³/mol. The van der Waals surface area contributed by atoms with Crippen LogP contribution >= 0.6 is 11.6 Å². The first kappa shape index (κ1) is 12.0. The number of pyridine rings is 1. The molecule has 82 valence electrons. The Hall–Kier alpha value is -1.09. The van der Waals surface area contributed by atoms with E-state index in [9.17, 15) is 4.79 Å². The molecule has 3 nitrogen and oxygen atoms in total. The van der Waals surface area contributed by atoms with Gasteiger partial charge in [-0.15, -0.1) is 0 Å². The number of nitrogens with zero attached hydrogens (tertiary/aromatic N) is 1. The second-order valence-corrected chi connectivity index (χ2v) is 5.00. The van der Waals surface area contributed by atoms with Crippen molar-refractivity contribution in [2.45, 2.75) is 20.8 Å². The lowest BCUT2D eigenvalue weighted by Crippen LogP contribution is -2.32. The molecule has 0 radical (unpaired) electrons. The molecule has 0 bridgehead atoms. The molecule has 1 aromatic rings. The number of rotatable bonds is 2. The van der Waals surface area contributed by atoms with Gasteiger partial charge in [0.15, 0.2) is 0 Å². The van der Waals surface area contributed by atoms with Crippen molar-refractivity contribution in [3.63, 3.8) is 0 Å². The van der Waals surface area contributed by atoms with Crippen LogP contribution in [0.2, 0.25) is 5.15 Å². The van der Waals surface area contributed by atoms with Gasteiger partial charge in [0.1, 0.15) is 5.15 Å². The summed E-state index contributed by atoms with van der Waals surface area (Å²) in [6.07, 6.45) is 1.52. The molecule has 0 saturated heterocycles. The predicted octanol–water partition coefficient (Wildman–Crippen LogP) is 2.51. The zero-order chi connectivity index (χ0) is 11.5. The van der Waals surface area contributed by atoms with Crippen LogP contribution in [0.25, 0.3) is 0 Å². The van der Waals surface area contributed by atoms with E-state index in [4.69, 9.17) is 11.6 Å². The van der Waals surface area contributed by atoms with E-state index in [0.717, 1.165) is 0 Å². The van der Waals surface area contributed by atoms with Crippen molar-refractivity contribution in [3.05, 3.63) is 29.0 Å². The molecule has 1 heterocycles. The first-order valence-electron chi connectivity index (χ1n) is 4.78. The fraction of sp³-hybridized carbons (Fsp3) is 0.455. The van der Waals surface area contributed by atoms with Gasteiger partial charge in [0.2, 0.25) is 0 Å². The molecule has 0 atom stereocenters. The number of aromatic nitrogens is 1. The third-order valence-corrected chi connectivity index (χ3v) is 1.97. The summed E-state index contributed by atoms with van der Waals surface area (Å²) in [5.74, 6) is -0.116. The summed E-state index contributed by atoms with van der Waals surface area (Å²) in [7, 11) is 0. The van der Waals surface area contributed by atoms with Crippen molar-refractivity contribution in [1.82, 2.24) is 10.3 Å². The van der Waals surface area contributed by atoms with Crippen molar-refractivity contribution in [1.29, 1.82) is 0 Å². The summed E-state index contributed by atoms with van der Waals surface area (Å²) < 4.78 is 0. The zero-order valence-electron chi connectivity index (χ0n) is 9.17. The number of carbonyl (C=O) groups is 1. The normalized spacial score (nSPS) is 11.2. The van der Waals surface area contributed by atoms with Crippen LogP contribution in [0.1, 0.15) is 31.1 Å². The highest BCUT2D eigenvalue weighted by Gasteiger charge is 2.13. The molecular weight excluding hydrogens is 212 g/mol. The molecule has 0 aliphatic rings. The van der Waals surface area contributed by atoms with Crippen molar-refractivity contribution >= 4 is 17.5 Å². The van der Waals surface area contributed by atoms with Crippen LogP contribution in [-0.4, -0.2) is 17.4 Å². The fourth-order valence-electron chi connectivity index (χ4n) is 0.991. The van der Waals surface area contributed by atoms with E-state index in [1.807, 2.05) is 0 Å². The van der Waals surface area contributed by atoms with Gasteiger partial charge in [0.25, 0.3) is 5.91 Å². The van der Waals surface area contributed by atoms with Gasteiger partial charge in [0.05, 0.1) is 0 Å². The van der Waals surface area contributed by atoms with Crippen LogP contribution in [0, 0.1) is 5.41 Å². The van der Waals surface area contributed by atoms with Crippen LogP contribution < -0.4 is 5.32 Å². The summed E-state index contributed by atoms with van der Waals surface area (Å²) in [6, 6.07) is 3.20. The maximum atomic E-state index is 11.6. The monoisotopic (exact) mass is 226 g/mol. The van der Waals surface area contributed by atoms with Gasteiger partial charge in [-0.05, 0) is 17.5 Å². The SMILES string of the molecule is CC(C)(C)CNC(=O)c1ccnc(Cl)c1. The smallest absolute Gasteiger partial charge is 0.251 e. The molecule has 0 aliphatic carbocycles. The Balaban J connectivity index is 2.62. The molecule has 0 unspecified atom stereocenters. The van der Waals surface area contributed by atoms with E-state index in [1.165, 1.54) is 6.20 Å². The third-order valence-electron chi connectivity index (χ3n) is 1.77. The first-order chi connectivity index (χ1) is 6.88. The molecule has 0 spiro atoms. The molecule has 1 rings (SSSR count). The van der Waals surface area contributed by atoms with Crippen LogP contribution in [0.15, 0.2) is 18.3 Å². The Morgan fingerprint density at radius 3 is 2.73 bits per heavy atom. The minimum absolute atomic E-state index is 0.0759. The number of hydrogen-bond acceptors (Lipinski definition) is 2. The molecule has 0 aromatic carbocycles. The van der Waals surface area contributed by atoms with E-state index in [0.29, 0.717) is 17.3 Å². The Morgan fingerprint density at radius 1 is 1.53 bits per heavy atom. The van der Waals surface area contributed by atoms with Crippen molar-refractivity contribution in [2.24, 2.45) is 5.41 Å². The Kier molecular flexibility index (Phi) is 3.69. The van der Waals surface area contributed by atoms with E-state index in [1.54, 1.807) is 12.1 Å². The van der Waals surface area contributed by atoms with Gasteiger partial charge in [0, 0.05) is 18.3 Å². The number of amides is 1. The van der Waals surface area contributed by atoms with Crippen LogP contribution in [0.4, 0.5) is 0 Å². The Bertz CT molecular complexity index is 358. The van der Waals surface area contributed by atoms with Gasteiger partial charge in [-0.25, -0.2) is 4.98 Å². The van der Waals surface area contributed by atoms with Crippen molar-refractivity contribution in [2.75, 3.05) is 6.54 Å². The van der Waals surface area contributed by atoms with Gasteiger partial charge in [-0.1, -0.05) is 32.4 Å². The topological polar surface area (TPSA) is 42.0 Å². The summed E-state index contributed by atoms with van der Waals surface area (Å²) in [5, 5.41) is 3.17. The summed E-state index contributed by atoms with van der Waals surface area (Å²) in [4.78, 5) is 15.5. The molecule has 1 aromatic heterocycles. The molecule has 0 saturated carbocycles. The maximum Gasteiger partial charge on any atom is 0.251 e. The molecule has 15 heavy (non-hydrogen) atoms. The van der Waals surface area contributed by atoms with Gasteiger partial charge >= 0.3 is 0 Å². The third kappa shape index (κ3) is 4.30. The van der Waals surface area contributed by atoms with Crippen LogP contribution in [-0.2, 0) is 0 Å². The van der Waals surface area contributed by atoms with E-state index >= 15 is 0 Å². The fourth-order valence-corrected chi connectivity index (χ4v) is 1.17. The second kappa shape index (κ2) is 4.62. The van der Waals surface area contributed by atoms with Gasteiger partial charge in [-0.3, -0.25) is 4.79 Å². The highest BCUT2D eigenvalue weighted by atomic mass is 35.5. The van der Waals surface area contributed by atoms with Crippen molar-refractivity contribution in [3.8, 4) is 0 Å². The Labute approximate surface area is 94.9 Å². The zero-order valence-corrected chi connectivity index (χ0v) is 9.93. The van der Waals surface area contributed by atoms with Gasteiger partial charge < -0.3 is 5.32 Å². The average Bonchev–Trinajstić information content (AvgIpc) is 2.13. The van der Waals surface area contributed by atoms with E-state index in [-0.39, 0.29) is 11.3 Å². The molecule has 1 amide bonds. The summed E-state index contributed by atoms with van der Waals surface area (Å²) in [5.41, 5.74) is 0.617. The Morgan fingerprint density at radius 2 is 2.20 bits per heavy atom. The van der Waals surface area contributed by atoms with Crippen molar-refractivity contribution < 1.29 is 4.79 Å². The standard InChI is InChI=1S/C11H15ClN2O/c1-11(2,3)7-14-10(15)8-4-5-13-9(12)6-8/h4-6H,7H2,1-3H3,(H,14,15). The largest absolute Gasteiger partial charge is 0.352 e. The maximum absolute atomic E-state index is 11.6. The minimum atomic E-state index is -0.116. The molecule has 1 N–H and O–H groups in total.